The van der Waals surface area contributed by atoms with Gasteiger partial charge in [0.05, 0.1) is 17.6 Å². The number of hydrogen-bond acceptors (Lipinski definition) is 7. The lowest BCUT2D eigenvalue weighted by Crippen LogP contribution is -2.29. The van der Waals surface area contributed by atoms with E-state index < -0.39 is 16.1 Å². The number of aliphatic hydroxyl groups is 2. The fraction of sp³-hybridized carbons (Fsp3) is 0.438. The van der Waals surface area contributed by atoms with E-state index in [2.05, 4.69) is 17.0 Å². The predicted molar refractivity (Wildman–Crippen MR) is 161 cm³/mol. The number of aliphatic hydroxyl groups excluding tert-OH is 2. The lowest BCUT2D eigenvalue weighted by Gasteiger charge is -2.26. The molecule has 3 rings (SSSR count). The topological polar surface area (TPSA) is 133 Å². The van der Waals surface area contributed by atoms with Crippen LogP contribution in [0.1, 0.15) is 66.9 Å². The molecule has 0 aliphatic heterocycles. The van der Waals surface area contributed by atoms with Gasteiger partial charge in [-0.3, -0.25) is 4.90 Å². The van der Waals surface area contributed by atoms with Gasteiger partial charge in [0.15, 0.2) is 0 Å². The van der Waals surface area contributed by atoms with Crippen LogP contribution in [0.25, 0.3) is 0 Å². The molecule has 8 nitrogen and oxygen atoms in total. The summed E-state index contributed by atoms with van der Waals surface area (Å²) in [5.74, 6) is 0.0307. The van der Waals surface area contributed by atoms with E-state index in [9.17, 15) is 23.7 Å². The summed E-state index contributed by atoms with van der Waals surface area (Å²) in [6, 6.07) is 21.8. The Morgan fingerprint density at radius 3 is 2.29 bits per heavy atom. The second-order valence-electron chi connectivity index (χ2n) is 10.5. The van der Waals surface area contributed by atoms with E-state index >= 15 is 0 Å². The molecule has 0 aromatic heterocycles. The van der Waals surface area contributed by atoms with Crippen LogP contribution in [-0.4, -0.2) is 54.9 Å². The minimum atomic E-state index is -3.68. The molecule has 3 aromatic rings. The maximum Gasteiger partial charge on any atom is 0.238 e. The van der Waals surface area contributed by atoms with Crippen LogP contribution in [0.4, 0.5) is 0 Å². The fourth-order valence-electron chi connectivity index (χ4n) is 4.79. The van der Waals surface area contributed by atoms with Crippen LogP contribution in [0.5, 0.6) is 5.75 Å². The number of hydrogen-bond donors (Lipinski definition) is 4. The number of benzene rings is 3. The Morgan fingerprint density at radius 2 is 1.54 bits per heavy atom. The summed E-state index contributed by atoms with van der Waals surface area (Å²) in [5.41, 5.74) is 3.22. The van der Waals surface area contributed by atoms with Crippen molar-refractivity contribution in [2.24, 2.45) is 5.14 Å². The number of phenols is 1. The minimum Gasteiger partial charge on any atom is -0.508 e. The Morgan fingerprint density at radius 1 is 0.829 bits per heavy atom. The number of unbranched alkanes of at least 4 members (excludes halogenated alkanes) is 4. The summed E-state index contributed by atoms with van der Waals surface area (Å²) >= 11 is 0. The Balaban J connectivity index is 1.33. The van der Waals surface area contributed by atoms with Crippen molar-refractivity contribution in [1.29, 1.82) is 0 Å². The summed E-state index contributed by atoms with van der Waals surface area (Å²) in [6.07, 6.45) is 6.17. The van der Waals surface area contributed by atoms with E-state index in [1.165, 1.54) is 17.7 Å². The number of nitrogens with two attached hydrogens (primary N) is 1. The average Bonchev–Trinajstić information content (AvgIpc) is 2.96. The predicted octanol–water partition coefficient (Wildman–Crippen LogP) is 4.67. The molecule has 0 saturated heterocycles. The fourth-order valence-corrected chi connectivity index (χ4v) is 5.38. The minimum absolute atomic E-state index is 0.0307. The van der Waals surface area contributed by atoms with Crippen LogP contribution in [0.15, 0.2) is 77.7 Å². The van der Waals surface area contributed by atoms with E-state index in [1.54, 1.807) is 24.3 Å². The second kappa shape index (κ2) is 17.2. The third kappa shape index (κ3) is 11.9. The summed E-state index contributed by atoms with van der Waals surface area (Å²) < 4.78 is 28.7. The Labute approximate surface area is 244 Å². The number of sulfonamides is 1. The summed E-state index contributed by atoms with van der Waals surface area (Å²) in [4.78, 5) is 2.40. The van der Waals surface area contributed by atoms with E-state index in [1.807, 2.05) is 24.3 Å². The Kier molecular flexibility index (Phi) is 13.8. The number of primary sulfonamides is 1. The summed E-state index contributed by atoms with van der Waals surface area (Å²) in [7, 11) is -3.68. The van der Waals surface area contributed by atoms with Crippen LogP contribution in [0.3, 0.4) is 0 Å². The smallest absolute Gasteiger partial charge is 0.238 e. The van der Waals surface area contributed by atoms with Gasteiger partial charge in [0, 0.05) is 31.9 Å². The summed E-state index contributed by atoms with van der Waals surface area (Å²) in [6.45, 7) is 3.14. The van der Waals surface area contributed by atoms with Gasteiger partial charge < -0.3 is 20.1 Å². The first kappa shape index (κ1) is 32.7. The van der Waals surface area contributed by atoms with Crippen LogP contribution < -0.4 is 5.14 Å². The van der Waals surface area contributed by atoms with Crippen molar-refractivity contribution in [3.05, 3.63) is 95.1 Å². The van der Waals surface area contributed by atoms with Crippen LogP contribution in [0, 0.1) is 0 Å². The molecule has 0 heterocycles. The molecule has 0 aliphatic carbocycles. The maximum atomic E-state index is 11.5. The molecule has 9 heteroatoms. The molecule has 0 spiro atoms. The normalized spacial score (nSPS) is 12.6. The van der Waals surface area contributed by atoms with Gasteiger partial charge in [-0.25, -0.2) is 13.6 Å². The highest BCUT2D eigenvalue weighted by molar-refractivity contribution is 7.89. The first-order chi connectivity index (χ1) is 19.8. The molecule has 0 radical (unpaired) electrons. The van der Waals surface area contributed by atoms with Crippen molar-refractivity contribution in [3.63, 3.8) is 0 Å². The number of aromatic hydroxyl groups is 1. The molecular formula is C32H44N2O6S. The number of ether oxygens (including phenoxy) is 1. The number of aryl methyl sites for hydroxylation is 1. The van der Waals surface area contributed by atoms with Crippen molar-refractivity contribution in [3.8, 4) is 5.75 Å². The number of rotatable bonds is 19. The third-order valence-electron chi connectivity index (χ3n) is 7.08. The van der Waals surface area contributed by atoms with Gasteiger partial charge in [-0.05, 0) is 73.2 Å². The largest absolute Gasteiger partial charge is 0.508 e. The van der Waals surface area contributed by atoms with Crippen molar-refractivity contribution < 1.29 is 28.5 Å². The highest BCUT2D eigenvalue weighted by Gasteiger charge is 2.16. The van der Waals surface area contributed by atoms with E-state index in [4.69, 9.17) is 9.88 Å². The molecular weight excluding hydrogens is 540 g/mol. The highest BCUT2D eigenvalue weighted by Crippen LogP contribution is 2.24. The van der Waals surface area contributed by atoms with Crippen LogP contribution in [0.2, 0.25) is 0 Å². The summed E-state index contributed by atoms with van der Waals surface area (Å²) in [5, 5.41) is 35.4. The van der Waals surface area contributed by atoms with Gasteiger partial charge >= 0.3 is 0 Å². The number of nitrogens with zero attached hydrogens (tertiary/aromatic N) is 1. The Bertz CT molecular complexity index is 1290. The zero-order valence-corrected chi connectivity index (χ0v) is 24.5. The molecule has 0 bridgehead atoms. The van der Waals surface area contributed by atoms with Crippen molar-refractivity contribution in [2.75, 3.05) is 26.3 Å². The third-order valence-corrected chi connectivity index (χ3v) is 7.99. The molecule has 3 aromatic carbocycles. The maximum absolute atomic E-state index is 11.5. The zero-order valence-electron chi connectivity index (χ0n) is 23.7. The molecule has 0 unspecified atom stereocenters. The van der Waals surface area contributed by atoms with Gasteiger partial charge in [-0.2, -0.15) is 0 Å². The second-order valence-corrected chi connectivity index (χ2v) is 12.0. The standard InChI is InChI=1S/C32H44N2O6S/c33-41(38,39)30-15-9-13-26(21-30)14-10-20-40-19-8-3-1-2-7-18-34(23-27-11-5-4-6-12-27)24-32(37)28-16-17-31(36)29(22-28)25-35/h4-6,9,11-13,15-17,21-22,32,35-37H,1-3,7-8,10,14,18-20,23-25H2,(H2,33,38,39)/t32-/m0/s1. The van der Waals surface area contributed by atoms with E-state index in [0.717, 1.165) is 63.6 Å². The van der Waals surface area contributed by atoms with Crippen molar-refractivity contribution in [2.45, 2.75) is 69.1 Å². The van der Waals surface area contributed by atoms with Gasteiger partial charge in [0.1, 0.15) is 5.75 Å². The molecule has 224 valence electrons. The van der Waals surface area contributed by atoms with Gasteiger partial charge in [-0.1, -0.05) is 67.8 Å². The quantitative estimate of drug-likeness (QED) is 0.151. The first-order valence-electron chi connectivity index (χ1n) is 14.3. The van der Waals surface area contributed by atoms with Gasteiger partial charge in [0.2, 0.25) is 10.0 Å². The molecule has 41 heavy (non-hydrogen) atoms. The van der Waals surface area contributed by atoms with E-state index in [-0.39, 0.29) is 17.3 Å². The van der Waals surface area contributed by atoms with E-state index in [0.29, 0.717) is 30.9 Å². The zero-order chi connectivity index (χ0) is 29.5. The van der Waals surface area contributed by atoms with Crippen LogP contribution in [-0.2, 0) is 34.3 Å². The Hall–Kier alpha value is -2.79. The van der Waals surface area contributed by atoms with Crippen molar-refractivity contribution >= 4 is 10.0 Å². The first-order valence-corrected chi connectivity index (χ1v) is 15.9. The van der Waals surface area contributed by atoms with Crippen molar-refractivity contribution in [1.82, 2.24) is 4.90 Å². The molecule has 0 saturated carbocycles. The molecule has 0 amide bonds. The lowest BCUT2D eigenvalue weighted by atomic mass is 10.0. The van der Waals surface area contributed by atoms with Gasteiger partial charge in [0.25, 0.3) is 0 Å². The van der Waals surface area contributed by atoms with Gasteiger partial charge in [-0.15, -0.1) is 0 Å². The highest BCUT2D eigenvalue weighted by atomic mass is 32.2. The lowest BCUT2D eigenvalue weighted by molar-refractivity contribution is 0.107. The monoisotopic (exact) mass is 584 g/mol. The molecule has 0 fully saturated rings. The molecule has 1 atom stereocenters. The molecule has 0 aliphatic rings. The molecule has 5 N–H and O–H groups in total. The average molecular weight is 585 g/mol. The van der Waals surface area contributed by atoms with Crippen LogP contribution >= 0.6 is 0 Å². The SMILES string of the molecule is NS(=O)(=O)c1cccc(CCCOCCCCCCCN(Cc2ccccc2)C[C@H](O)c2ccc(O)c(CO)c2)c1.